The largest absolute Gasteiger partial charge is 0.289 e. The van der Waals surface area contributed by atoms with E-state index in [0.717, 1.165) is 27.5 Å². The highest BCUT2D eigenvalue weighted by molar-refractivity contribution is 6.31. The molecule has 5 nitrogen and oxygen atoms in total. The molecule has 0 fully saturated rings. The third-order valence-corrected chi connectivity index (χ3v) is 4.90. The lowest BCUT2D eigenvalue weighted by Crippen LogP contribution is -2.04. The van der Waals surface area contributed by atoms with Crippen LogP contribution in [0.1, 0.15) is 52.8 Å². The Kier molecular flexibility index (Phi) is 5.61. The average molecular weight is 383 g/mol. The van der Waals surface area contributed by atoms with Gasteiger partial charge in [0.1, 0.15) is 0 Å². The minimum absolute atomic E-state index is 0.0699. The molecule has 0 bridgehead atoms. The van der Waals surface area contributed by atoms with Crippen molar-refractivity contribution in [2.24, 2.45) is 0 Å². The number of nitrogens with zero attached hydrogens (tertiary/aromatic N) is 4. The van der Waals surface area contributed by atoms with Gasteiger partial charge in [-0.1, -0.05) is 29.8 Å². The molecule has 0 N–H and O–H groups in total. The maximum absolute atomic E-state index is 12.4. The molecule has 0 aliphatic rings. The molecule has 2 aromatic heterocycles. The highest BCUT2D eigenvalue weighted by atomic mass is 35.5. The second-order valence-electron chi connectivity index (χ2n) is 6.83. The topological polar surface area (TPSA) is 52.7 Å². The number of aryl methyl sites for hydroxylation is 1. The Morgan fingerprint density at radius 1 is 1.26 bits per heavy atom. The molecule has 6 heteroatoms. The van der Waals surface area contributed by atoms with Crippen LogP contribution in [-0.4, -0.2) is 25.3 Å². The molecule has 0 aliphatic heterocycles. The van der Waals surface area contributed by atoms with Crippen LogP contribution in [0.15, 0.2) is 42.7 Å². The first kappa shape index (κ1) is 19.1. The maximum atomic E-state index is 12.4. The van der Waals surface area contributed by atoms with Crippen LogP contribution < -0.4 is 0 Å². The number of hydrogen-bond donors (Lipinski definition) is 0. The normalized spacial score (nSPS) is 11.6. The number of aromatic nitrogens is 4. The van der Waals surface area contributed by atoms with Crippen molar-refractivity contribution in [2.45, 2.75) is 40.3 Å². The predicted octanol–water partition coefficient (Wildman–Crippen LogP) is 4.88. The van der Waals surface area contributed by atoms with Crippen LogP contribution in [0.3, 0.4) is 0 Å². The van der Waals surface area contributed by atoms with Crippen molar-refractivity contribution in [1.82, 2.24) is 19.6 Å². The first-order chi connectivity index (χ1) is 12.9. The molecule has 0 atom stereocenters. The van der Waals surface area contributed by atoms with E-state index in [0.29, 0.717) is 12.1 Å². The quantitative estimate of drug-likeness (QED) is 0.451. The number of benzene rings is 1. The fraction of sp³-hybridized carbons (Fsp3) is 0.286. The van der Waals surface area contributed by atoms with Crippen molar-refractivity contribution >= 4 is 23.5 Å². The third-order valence-electron chi connectivity index (χ3n) is 4.53. The predicted molar refractivity (Wildman–Crippen MR) is 108 cm³/mol. The van der Waals surface area contributed by atoms with E-state index in [2.05, 4.69) is 10.2 Å². The molecular weight excluding hydrogens is 360 g/mol. The Morgan fingerprint density at radius 2 is 2.00 bits per heavy atom. The maximum Gasteiger partial charge on any atom is 0.189 e. The molecular formula is C21H23ClN4O. The van der Waals surface area contributed by atoms with E-state index in [1.807, 2.05) is 62.7 Å². The van der Waals surface area contributed by atoms with Gasteiger partial charge in [-0.25, -0.2) is 0 Å². The summed E-state index contributed by atoms with van der Waals surface area (Å²) in [5, 5.41) is 9.54. The average Bonchev–Trinajstić information content (AvgIpc) is 3.22. The molecule has 0 unspecified atom stereocenters. The molecule has 0 radical (unpaired) electrons. The Balaban J connectivity index is 1.80. The summed E-state index contributed by atoms with van der Waals surface area (Å²) >= 11 is 6.26. The number of rotatable bonds is 6. The molecule has 0 saturated heterocycles. The summed E-state index contributed by atoms with van der Waals surface area (Å²) in [6.07, 6.45) is 6.79. The lowest BCUT2D eigenvalue weighted by atomic mass is 10.1. The molecule has 1 aromatic carbocycles. The fourth-order valence-corrected chi connectivity index (χ4v) is 3.09. The summed E-state index contributed by atoms with van der Waals surface area (Å²) in [6, 6.07) is 7.96. The Hall–Kier alpha value is -2.66. The number of allylic oxidation sites excluding steroid dienone is 1. The van der Waals surface area contributed by atoms with Crippen LogP contribution in [0.4, 0.5) is 0 Å². The van der Waals surface area contributed by atoms with E-state index in [4.69, 9.17) is 11.6 Å². The van der Waals surface area contributed by atoms with Gasteiger partial charge in [-0.3, -0.25) is 14.2 Å². The van der Waals surface area contributed by atoms with Crippen molar-refractivity contribution in [2.75, 3.05) is 0 Å². The summed E-state index contributed by atoms with van der Waals surface area (Å²) in [5.41, 5.74) is 4.42. The number of carbonyl (C=O) groups excluding carboxylic acids is 1. The second kappa shape index (κ2) is 7.92. The van der Waals surface area contributed by atoms with Crippen molar-refractivity contribution < 1.29 is 4.79 Å². The first-order valence-electron chi connectivity index (χ1n) is 8.90. The van der Waals surface area contributed by atoms with E-state index in [1.54, 1.807) is 23.2 Å². The van der Waals surface area contributed by atoms with Gasteiger partial charge in [0.25, 0.3) is 0 Å². The minimum Gasteiger partial charge on any atom is -0.289 e. The minimum atomic E-state index is -0.0699. The molecule has 0 amide bonds. The highest BCUT2D eigenvalue weighted by Gasteiger charge is 2.12. The van der Waals surface area contributed by atoms with Gasteiger partial charge < -0.3 is 0 Å². The van der Waals surface area contributed by atoms with E-state index < -0.39 is 0 Å². The molecule has 2 heterocycles. The van der Waals surface area contributed by atoms with Crippen molar-refractivity contribution in [3.05, 3.63) is 75.8 Å². The molecule has 3 aromatic rings. The van der Waals surface area contributed by atoms with E-state index in [9.17, 15) is 4.79 Å². The first-order valence-corrected chi connectivity index (χ1v) is 9.28. The van der Waals surface area contributed by atoms with E-state index in [-0.39, 0.29) is 11.8 Å². The van der Waals surface area contributed by atoms with Crippen LogP contribution in [-0.2, 0) is 6.54 Å². The number of carbonyl (C=O) groups is 1. The SMILES string of the molecule is Cc1nn(Cc2ccccc2Cl)c(C)c1C=CC(=O)c1cnn(C(C)C)c1. The molecule has 140 valence electrons. The standard InChI is InChI=1S/C21H23ClN4O/c1-14(2)25-13-18(11-23-25)21(27)10-9-19-15(3)24-26(16(19)4)12-17-7-5-6-8-20(17)22/h5-11,13-14H,12H2,1-4H3. The molecule has 27 heavy (non-hydrogen) atoms. The van der Waals surface area contributed by atoms with Gasteiger partial charge in [-0.05, 0) is 51.5 Å². The van der Waals surface area contributed by atoms with Gasteiger partial charge >= 0.3 is 0 Å². The fourth-order valence-electron chi connectivity index (χ4n) is 2.90. The Labute approximate surface area is 164 Å². The van der Waals surface area contributed by atoms with Crippen LogP contribution in [0.5, 0.6) is 0 Å². The van der Waals surface area contributed by atoms with Crippen LogP contribution in [0.25, 0.3) is 6.08 Å². The zero-order chi connectivity index (χ0) is 19.6. The smallest absolute Gasteiger partial charge is 0.189 e. The van der Waals surface area contributed by atoms with Gasteiger partial charge in [0.05, 0.1) is 24.0 Å². The highest BCUT2D eigenvalue weighted by Crippen LogP contribution is 2.20. The molecule has 3 rings (SSSR count). The van der Waals surface area contributed by atoms with Crippen molar-refractivity contribution in [3.63, 3.8) is 0 Å². The van der Waals surface area contributed by atoms with Crippen LogP contribution >= 0.6 is 11.6 Å². The zero-order valence-corrected chi connectivity index (χ0v) is 16.7. The summed E-state index contributed by atoms with van der Waals surface area (Å²) < 4.78 is 3.69. The van der Waals surface area contributed by atoms with Gasteiger partial charge in [-0.2, -0.15) is 10.2 Å². The lowest BCUT2D eigenvalue weighted by Gasteiger charge is -2.06. The number of halogens is 1. The third kappa shape index (κ3) is 4.19. The number of hydrogen-bond acceptors (Lipinski definition) is 3. The van der Waals surface area contributed by atoms with Gasteiger partial charge in [0.15, 0.2) is 5.78 Å². The van der Waals surface area contributed by atoms with Gasteiger partial charge in [-0.15, -0.1) is 0 Å². The monoisotopic (exact) mass is 382 g/mol. The summed E-state index contributed by atoms with van der Waals surface area (Å²) in [4.78, 5) is 12.4. The molecule has 0 spiro atoms. The Morgan fingerprint density at radius 3 is 2.67 bits per heavy atom. The summed E-state index contributed by atoms with van der Waals surface area (Å²) in [7, 11) is 0. The van der Waals surface area contributed by atoms with Gasteiger partial charge in [0, 0.05) is 28.5 Å². The summed E-state index contributed by atoms with van der Waals surface area (Å²) in [5.74, 6) is -0.0699. The van der Waals surface area contributed by atoms with E-state index >= 15 is 0 Å². The summed E-state index contributed by atoms with van der Waals surface area (Å²) in [6.45, 7) is 8.58. The molecule has 0 aliphatic carbocycles. The van der Waals surface area contributed by atoms with Gasteiger partial charge in [0.2, 0.25) is 0 Å². The second-order valence-corrected chi connectivity index (χ2v) is 7.24. The van der Waals surface area contributed by atoms with Crippen molar-refractivity contribution in [3.8, 4) is 0 Å². The molecule has 0 saturated carbocycles. The van der Waals surface area contributed by atoms with Crippen molar-refractivity contribution in [1.29, 1.82) is 0 Å². The van der Waals surface area contributed by atoms with Crippen LogP contribution in [0.2, 0.25) is 5.02 Å². The zero-order valence-electron chi connectivity index (χ0n) is 16.0. The lowest BCUT2D eigenvalue weighted by molar-refractivity contribution is 0.104. The number of ketones is 1. The van der Waals surface area contributed by atoms with Crippen LogP contribution in [0, 0.1) is 13.8 Å². The Bertz CT molecular complexity index is 998. The van der Waals surface area contributed by atoms with E-state index in [1.165, 1.54) is 0 Å².